The zero-order chi connectivity index (χ0) is 21.4. The second kappa shape index (κ2) is 15.5. The van der Waals surface area contributed by atoms with Gasteiger partial charge in [0.15, 0.2) is 0 Å². The van der Waals surface area contributed by atoms with E-state index in [0.717, 1.165) is 22.4 Å². The van der Waals surface area contributed by atoms with Crippen LogP contribution in [0.4, 0.5) is 0 Å². The van der Waals surface area contributed by atoms with Crippen LogP contribution < -0.4 is 4.74 Å². The predicted molar refractivity (Wildman–Crippen MR) is 135 cm³/mol. The maximum absolute atomic E-state index is 6.03. The molecular weight excluding hydrogens is 432 g/mol. The van der Waals surface area contributed by atoms with Gasteiger partial charge in [-0.3, -0.25) is 0 Å². The number of halogens is 1. The number of benzene rings is 2. The van der Waals surface area contributed by atoms with Gasteiger partial charge in [-0.25, -0.2) is 0 Å². The fourth-order valence-electron chi connectivity index (χ4n) is 3.95. The molecule has 2 aromatic rings. The van der Waals surface area contributed by atoms with Gasteiger partial charge in [0.05, 0.1) is 0 Å². The van der Waals surface area contributed by atoms with Crippen LogP contribution in [0.25, 0.3) is 0 Å². The van der Waals surface area contributed by atoms with Crippen molar-refractivity contribution in [2.75, 3.05) is 0 Å². The molecule has 0 amide bonds. The molecule has 30 heavy (non-hydrogen) atoms. The number of unbranched alkanes of at least 4 members (excludes halogenated alkanes) is 12. The Morgan fingerprint density at radius 3 is 1.70 bits per heavy atom. The Kier molecular flexibility index (Phi) is 12.9. The monoisotopic (exact) mass is 472 g/mol. The molecule has 0 aliphatic carbocycles. The normalized spacial score (nSPS) is 11.0. The number of hydrogen-bond donors (Lipinski definition) is 0. The van der Waals surface area contributed by atoms with Gasteiger partial charge in [0, 0.05) is 4.47 Å². The molecule has 0 aromatic heterocycles. The topological polar surface area (TPSA) is 9.23 Å². The molecule has 0 bridgehead atoms. The van der Waals surface area contributed by atoms with E-state index in [4.69, 9.17) is 4.74 Å². The largest absolute Gasteiger partial charge is 0.457 e. The van der Waals surface area contributed by atoms with Gasteiger partial charge in [0.1, 0.15) is 11.5 Å². The van der Waals surface area contributed by atoms with Crippen LogP contribution in [-0.2, 0) is 6.42 Å². The Hall–Kier alpha value is -1.28. The Bertz CT molecular complexity index is 692. The minimum absolute atomic E-state index is 0.883. The van der Waals surface area contributed by atoms with Gasteiger partial charge >= 0.3 is 0 Å². The van der Waals surface area contributed by atoms with Crippen LogP contribution in [0.3, 0.4) is 0 Å². The standard InChI is InChI=1S/C28H41BrO/c1-3-4-5-6-7-8-9-10-11-12-13-14-15-16-25-23-28(20-17-24(25)2)30-27-21-18-26(29)19-22-27/h17-23H,3-16H2,1-2H3. The molecule has 0 unspecified atom stereocenters. The molecule has 0 atom stereocenters. The zero-order valence-corrected chi connectivity index (χ0v) is 20.8. The third kappa shape index (κ3) is 10.7. The molecule has 0 saturated carbocycles. The third-order valence-corrected chi connectivity index (χ3v) is 6.45. The first-order valence-corrected chi connectivity index (χ1v) is 13.0. The fraction of sp³-hybridized carbons (Fsp3) is 0.571. The molecule has 0 aliphatic rings. The first-order chi connectivity index (χ1) is 14.7. The van der Waals surface area contributed by atoms with E-state index >= 15 is 0 Å². The molecule has 2 heteroatoms. The van der Waals surface area contributed by atoms with Crippen LogP contribution in [0.15, 0.2) is 46.9 Å². The van der Waals surface area contributed by atoms with Crippen molar-refractivity contribution in [1.29, 1.82) is 0 Å². The van der Waals surface area contributed by atoms with Crippen LogP contribution >= 0.6 is 15.9 Å². The minimum Gasteiger partial charge on any atom is -0.457 e. The van der Waals surface area contributed by atoms with Gasteiger partial charge in [-0.1, -0.05) is 106 Å². The number of aryl methyl sites for hydroxylation is 2. The molecule has 0 aliphatic heterocycles. The lowest BCUT2D eigenvalue weighted by molar-refractivity contribution is 0.481. The van der Waals surface area contributed by atoms with Crippen molar-refractivity contribution < 1.29 is 4.74 Å². The lowest BCUT2D eigenvalue weighted by Crippen LogP contribution is -1.93. The summed E-state index contributed by atoms with van der Waals surface area (Å²) in [7, 11) is 0. The highest BCUT2D eigenvalue weighted by Crippen LogP contribution is 2.26. The molecule has 2 aromatic carbocycles. The van der Waals surface area contributed by atoms with Gasteiger partial charge in [0.25, 0.3) is 0 Å². The van der Waals surface area contributed by atoms with Crippen molar-refractivity contribution >= 4 is 15.9 Å². The summed E-state index contributed by atoms with van der Waals surface area (Å²) in [4.78, 5) is 0. The van der Waals surface area contributed by atoms with E-state index in [9.17, 15) is 0 Å². The molecule has 0 saturated heterocycles. The lowest BCUT2D eigenvalue weighted by atomic mass is 10.0. The van der Waals surface area contributed by atoms with Crippen molar-refractivity contribution in [3.05, 3.63) is 58.1 Å². The van der Waals surface area contributed by atoms with E-state index in [-0.39, 0.29) is 0 Å². The molecule has 1 nitrogen and oxygen atoms in total. The maximum atomic E-state index is 6.03. The van der Waals surface area contributed by atoms with Gasteiger partial charge in [-0.2, -0.15) is 0 Å². The highest BCUT2D eigenvalue weighted by molar-refractivity contribution is 9.10. The second-order valence-electron chi connectivity index (χ2n) is 8.64. The van der Waals surface area contributed by atoms with E-state index in [0.29, 0.717) is 0 Å². The summed E-state index contributed by atoms with van der Waals surface area (Å²) in [5, 5.41) is 0. The summed E-state index contributed by atoms with van der Waals surface area (Å²) in [5.74, 6) is 1.82. The third-order valence-electron chi connectivity index (χ3n) is 5.92. The highest BCUT2D eigenvalue weighted by atomic mass is 79.9. The average Bonchev–Trinajstić information content (AvgIpc) is 2.75. The quantitative estimate of drug-likeness (QED) is 0.220. The molecule has 0 spiro atoms. The van der Waals surface area contributed by atoms with Crippen molar-refractivity contribution in [2.45, 2.75) is 104 Å². The van der Waals surface area contributed by atoms with Crippen molar-refractivity contribution in [2.24, 2.45) is 0 Å². The lowest BCUT2D eigenvalue weighted by Gasteiger charge is -2.11. The number of rotatable bonds is 16. The van der Waals surface area contributed by atoms with Gasteiger partial charge in [-0.15, -0.1) is 0 Å². The van der Waals surface area contributed by atoms with Crippen LogP contribution in [0, 0.1) is 6.92 Å². The van der Waals surface area contributed by atoms with Gasteiger partial charge in [0.2, 0.25) is 0 Å². The van der Waals surface area contributed by atoms with E-state index in [1.807, 2.05) is 24.3 Å². The fourth-order valence-corrected chi connectivity index (χ4v) is 4.22. The zero-order valence-electron chi connectivity index (χ0n) is 19.2. The Morgan fingerprint density at radius 1 is 0.633 bits per heavy atom. The maximum Gasteiger partial charge on any atom is 0.127 e. The first-order valence-electron chi connectivity index (χ1n) is 12.2. The smallest absolute Gasteiger partial charge is 0.127 e. The second-order valence-corrected chi connectivity index (χ2v) is 9.55. The van der Waals surface area contributed by atoms with Crippen LogP contribution in [0.5, 0.6) is 11.5 Å². The van der Waals surface area contributed by atoms with E-state index in [1.54, 1.807) is 0 Å². The van der Waals surface area contributed by atoms with Crippen LogP contribution in [0.1, 0.15) is 102 Å². The first kappa shape index (κ1) is 25.0. The summed E-state index contributed by atoms with van der Waals surface area (Å²) < 4.78 is 7.10. The summed E-state index contributed by atoms with van der Waals surface area (Å²) in [6.07, 6.45) is 19.4. The van der Waals surface area contributed by atoms with E-state index in [2.05, 4.69) is 48.0 Å². The number of hydrogen-bond acceptors (Lipinski definition) is 1. The molecule has 0 N–H and O–H groups in total. The summed E-state index contributed by atoms with van der Waals surface area (Å²) >= 11 is 3.47. The van der Waals surface area contributed by atoms with Gasteiger partial charge < -0.3 is 4.74 Å². The Balaban J connectivity index is 1.56. The summed E-state index contributed by atoms with van der Waals surface area (Å²) in [5.41, 5.74) is 2.80. The van der Waals surface area contributed by atoms with Crippen molar-refractivity contribution in [3.63, 3.8) is 0 Å². The number of ether oxygens (including phenoxy) is 1. The van der Waals surface area contributed by atoms with Gasteiger partial charge in [-0.05, 0) is 67.3 Å². The molecule has 0 heterocycles. The minimum atomic E-state index is 0.883. The Morgan fingerprint density at radius 2 is 1.13 bits per heavy atom. The summed E-state index contributed by atoms with van der Waals surface area (Å²) in [6, 6.07) is 14.5. The van der Waals surface area contributed by atoms with E-state index in [1.165, 1.54) is 94.6 Å². The Labute approximate surface area is 193 Å². The highest BCUT2D eigenvalue weighted by Gasteiger charge is 2.04. The summed E-state index contributed by atoms with van der Waals surface area (Å²) in [6.45, 7) is 4.50. The van der Waals surface area contributed by atoms with Crippen LogP contribution in [0.2, 0.25) is 0 Å². The van der Waals surface area contributed by atoms with Crippen molar-refractivity contribution in [3.8, 4) is 11.5 Å². The van der Waals surface area contributed by atoms with E-state index < -0.39 is 0 Å². The molecule has 0 fully saturated rings. The molecule has 166 valence electrons. The molecule has 2 rings (SSSR count). The molecule has 0 radical (unpaired) electrons. The van der Waals surface area contributed by atoms with Crippen molar-refractivity contribution in [1.82, 2.24) is 0 Å². The molecular formula is C28H41BrO. The SMILES string of the molecule is CCCCCCCCCCCCCCCc1cc(Oc2ccc(Br)cc2)ccc1C. The predicted octanol–water partition coefficient (Wildman–Crippen LogP) is 10.2. The average molecular weight is 474 g/mol. The van der Waals surface area contributed by atoms with Crippen LogP contribution in [-0.4, -0.2) is 0 Å².